The Morgan fingerprint density at radius 2 is 2.05 bits per heavy atom. The van der Waals surface area contributed by atoms with Gasteiger partial charge in [0.2, 0.25) is 0 Å². The molecule has 0 amide bonds. The fourth-order valence-corrected chi connectivity index (χ4v) is 3.75. The molecule has 2 N–H and O–H groups in total. The second-order valence-corrected chi connectivity index (χ2v) is 6.29. The van der Waals surface area contributed by atoms with Crippen molar-refractivity contribution in [2.45, 2.75) is 37.2 Å². The van der Waals surface area contributed by atoms with Gasteiger partial charge in [-0.3, -0.25) is 0 Å². The maximum absolute atomic E-state index is 5.99. The number of hydrogen-bond acceptors (Lipinski definition) is 4. The van der Waals surface area contributed by atoms with Crippen LogP contribution in [0.5, 0.6) is 0 Å². The number of anilines is 1. The number of benzene rings is 1. The zero-order chi connectivity index (χ0) is 14.5. The Hall–Kier alpha value is -0.710. The Balaban J connectivity index is 2.15. The zero-order valence-corrected chi connectivity index (χ0v) is 13.7. The molecule has 1 aliphatic rings. The van der Waals surface area contributed by atoms with E-state index in [9.17, 15) is 0 Å². The molecule has 1 saturated heterocycles. The fraction of sp³-hybridized carbons (Fsp3) is 0.625. The number of rotatable bonds is 5. The maximum Gasteiger partial charge on any atom is 0.0422 e. The van der Waals surface area contributed by atoms with Crippen molar-refractivity contribution in [3.8, 4) is 0 Å². The number of nitrogens with two attached hydrogens (primary N) is 1. The van der Waals surface area contributed by atoms with Gasteiger partial charge < -0.3 is 15.5 Å². The van der Waals surface area contributed by atoms with Gasteiger partial charge in [0.05, 0.1) is 0 Å². The number of nitrogens with zero attached hydrogens (tertiary/aromatic N) is 2. The van der Waals surface area contributed by atoms with Crippen LogP contribution in [0.25, 0.3) is 0 Å². The lowest BCUT2D eigenvalue weighted by Crippen LogP contribution is -2.43. The van der Waals surface area contributed by atoms with E-state index >= 15 is 0 Å². The van der Waals surface area contributed by atoms with E-state index in [4.69, 9.17) is 5.73 Å². The van der Waals surface area contributed by atoms with Gasteiger partial charge in [0.15, 0.2) is 0 Å². The van der Waals surface area contributed by atoms with Crippen molar-refractivity contribution in [1.29, 1.82) is 0 Å². The third kappa shape index (κ3) is 3.30. The summed E-state index contributed by atoms with van der Waals surface area (Å²) in [6, 6.07) is 7.18. The Morgan fingerprint density at radius 3 is 2.60 bits per heavy atom. The highest BCUT2D eigenvalue weighted by Crippen LogP contribution is 2.31. The van der Waals surface area contributed by atoms with Crippen LogP contribution in [0.3, 0.4) is 0 Å². The van der Waals surface area contributed by atoms with Gasteiger partial charge in [0.25, 0.3) is 0 Å². The van der Waals surface area contributed by atoms with Crippen LogP contribution in [0.4, 0.5) is 5.69 Å². The van der Waals surface area contributed by atoms with E-state index in [2.05, 4.69) is 48.2 Å². The molecule has 3 nitrogen and oxygen atoms in total. The average Bonchev–Trinajstić information content (AvgIpc) is 2.53. The highest BCUT2D eigenvalue weighted by Gasteiger charge is 2.23. The molecule has 1 aliphatic heterocycles. The lowest BCUT2D eigenvalue weighted by atomic mass is 10.0. The average molecular weight is 293 g/mol. The molecule has 0 bridgehead atoms. The summed E-state index contributed by atoms with van der Waals surface area (Å²) in [5.74, 6) is 0. The molecule has 112 valence electrons. The number of hydrogen-bond donors (Lipinski definition) is 1. The number of thioether (sulfide) groups is 1. The minimum absolute atomic E-state index is 0.616. The highest BCUT2D eigenvalue weighted by molar-refractivity contribution is 7.98. The number of piperidine rings is 1. The van der Waals surface area contributed by atoms with Gasteiger partial charge in [-0.1, -0.05) is 13.0 Å². The SMILES string of the molecule is CCN1CCC(N(C)c2cccc(SC)c2CN)CC1. The first-order chi connectivity index (χ1) is 9.71. The summed E-state index contributed by atoms with van der Waals surface area (Å²) in [6.07, 6.45) is 4.62. The maximum atomic E-state index is 5.99. The number of likely N-dealkylation sites (tertiary alicyclic amines) is 1. The largest absolute Gasteiger partial charge is 0.371 e. The second-order valence-electron chi connectivity index (χ2n) is 5.44. The van der Waals surface area contributed by atoms with Crippen molar-refractivity contribution >= 4 is 17.4 Å². The minimum Gasteiger partial charge on any atom is -0.371 e. The van der Waals surface area contributed by atoms with E-state index < -0.39 is 0 Å². The predicted octanol–water partition coefficient (Wildman–Crippen LogP) is 2.79. The lowest BCUT2D eigenvalue weighted by Gasteiger charge is -2.38. The topological polar surface area (TPSA) is 32.5 Å². The molecule has 2 rings (SSSR count). The van der Waals surface area contributed by atoms with E-state index in [1.165, 1.54) is 48.6 Å². The molecular weight excluding hydrogens is 266 g/mol. The van der Waals surface area contributed by atoms with Crippen LogP contribution in [-0.4, -0.2) is 43.9 Å². The Morgan fingerprint density at radius 1 is 1.35 bits per heavy atom. The van der Waals surface area contributed by atoms with Crippen LogP contribution in [0.15, 0.2) is 23.1 Å². The normalized spacial score (nSPS) is 17.4. The molecule has 0 unspecified atom stereocenters. The second kappa shape index (κ2) is 7.34. The first kappa shape index (κ1) is 15.7. The molecule has 20 heavy (non-hydrogen) atoms. The molecule has 0 aromatic heterocycles. The Labute approximate surface area is 127 Å². The summed E-state index contributed by atoms with van der Waals surface area (Å²) < 4.78 is 0. The lowest BCUT2D eigenvalue weighted by molar-refractivity contribution is 0.221. The summed E-state index contributed by atoms with van der Waals surface area (Å²) in [4.78, 5) is 6.30. The fourth-order valence-electron chi connectivity index (χ4n) is 3.10. The molecule has 1 aromatic rings. The quantitative estimate of drug-likeness (QED) is 0.846. The van der Waals surface area contributed by atoms with Crippen LogP contribution < -0.4 is 10.6 Å². The van der Waals surface area contributed by atoms with Crippen LogP contribution in [0, 0.1) is 0 Å². The van der Waals surface area contributed by atoms with E-state index in [0.717, 1.165) is 0 Å². The third-order valence-electron chi connectivity index (χ3n) is 4.46. The van der Waals surface area contributed by atoms with Crippen LogP contribution in [-0.2, 0) is 6.54 Å². The highest BCUT2D eigenvalue weighted by atomic mass is 32.2. The molecule has 1 heterocycles. The van der Waals surface area contributed by atoms with E-state index in [-0.39, 0.29) is 0 Å². The Bertz CT molecular complexity index is 428. The van der Waals surface area contributed by atoms with Crippen molar-refractivity contribution in [3.05, 3.63) is 23.8 Å². The van der Waals surface area contributed by atoms with Gasteiger partial charge in [-0.25, -0.2) is 0 Å². The van der Waals surface area contributed by atoms with Crippen LogP contribution in [0.2, 0.25) is 0 Å². The van der Waals surface area contributed by atoms with Crippen molar-refractivity contribution < 1.29 is 0 Å². The summed E-state index contributed by atoms with van der Waals surface area (Å²) in [6.45, 7) is 6.47. The molecule has 1 aromatic carbocycles. The summed E-state index contributed by atoms with van der Waals surface area (Å²) in [5, 5.41) is 0. The van der Waals surface area contributed by atoms with Gasteiger partial charge in [-0.05, 0) is 37.8 Å². The Kier molecular flexibility index (Phi) is 5.75. The summed E-state index contributed by atoms with van der Waals surface area (Å²) in [5.41, 5.74) is 8.60. The van der Waals surface area contributed by atoms with Gasteiger partial charge in [-0.15, -0.1) is 11.8 Å². The zero-order valence-electron chi connectivity index (χ0n) is 12.9. The van der Waals surface area contributed by atoms with Crippen LogP contribution in [0.1, 0.15) is 25.3 Å². The van der Waals surface area contributed by atoms with Crippen molar-refractivity contribution in [1.82, 2.24) is 4.90 Å². The van der Waals surface area contributed by atoms with E-state index in [1.807, 2.05) is 0 Å². The standard InChI is InChI=1S/C16H27N3S/c1-4-19-10-8-13(9-11-19)18(2)15-6-5-7-16(20-3)14(15)12-17/h5-7,13H,4,8-12,17H2,1-3H3. The molecule has 0 aliphatic carbocycles. The molecule has 0 atom stereocenters. The molecule has 1 fully saturated rings. The van der Waals surface area contributed by atoms with E-state index in [1.54, 1.807) is 11.8 Å². The molecular formula is C16H27N3S. The van der Waals surface area contributed by atoms with Gasteiger partial charge in [0, 0.05) is 48.9 Å². The van der Waals surface area contributed by atoms with Crippen LogP contribution >= 0.6 is 11.8 Å². The monoisotopic (exact) mass is 293 g/mol. The van der Waals surface area contributed by atoms with Crippen molar-refractivity contribution in [3.63, 3.8) is 0 Å². The third-order valence-corrected chi connectivity index (χ3v) is 5.29. The summed E-state index contributed by atoms with van der Waals surface area (Å²) in [7, 11) is 2.23. The van der Waals surface area contributed by atoms with Crippen molar-refractivity contribution in [2.24, 2.45) is 5.73 Å². The first-order valence-corrected chi connectivity index (χ1v) is 8.74. The van der Waals surface area contributed by atoms with Gasteiger partial charge >= 0.3 is 0 Å². The minimum atomic E-state index is 0.616. The van der Waals surface area contributed by atoms with Gasteiger partial charge in [-0.2, -0.15) is 0 Å². The summed E-state index contributed by atoms with van der Waals surface area (Å²) >= 11 is 1.79. The molecule has 0 saturated carbocycles. The van der Waals surface area contributed by atoms with E-state index in [0.29, 0.717) is 12.6 Å². The smallest absolute Gasteiger partial charge is 0.0422 e. The molecule has 4 heteroatoms. The first-order valence-electron chi connectivity index (χ1n) is 7.52. The molecule has 0 radical (unpaired) electrons. The molecule has 0 spiro atoms. The van der Waals surface area contributed by atoms with Gasteiger partial charge in [0.1, 0.15) is 0 Å². The predicted molar refractivity (Wildman–Crippen MR) is 89.7 cm³/mol. The van der Waals surface area contributed by atoms with Crippen molar-refractivity contribution in [2.75, 3.05) is 37.8 Å².